The number of pyridine rings is 1. The molecule has 1 saturated heterocycles. The minimum atomic E-state index is -4.48. The SMILES string of the molecule is CCO[C@@H]1CCN(c2cc(=O)n(C)c3cn(CC#N)nc23)C[C@H]1Oc1cccc(C(F)(F)F)c1. The molecule has 1 fully saturated rings. The van der Waals surface area contributed by atoms with Crippen molar-refractivity contribution in [3.05, 3.63) is 52.4 Å². The molecule has 2 atom stereocenters. The van der Waals surface area contributed by atoms with E-state index in [0.717, 1.165) is 12.1 Å². The molecule has 2 aromatic heterocycles. The zero-order chi connectivity index (χ0) is 24.5. The van der Waals surface area contributed by atoms with E-state index in [1.807, 2.05) is 17.9 Å². The van der Waals surface area contributed by atoms with Crippen LogP contribution in [-0.2, 0) is 24.5 Å². The summed E-state index contributed by atoms with van der Waals surface area (Å²) in [5, 5.41) is 13.5. The number of hydrogen-bond acceptors (Lipinski definition) is 6. The van der Waals surface area contributed by atoms with Crippen LogP contribution in [0, 0.1) is 11.3 Å². The second-order valence-electron chi connectivity index (χ2n) is 8.06. The summed E-state index contributed by atoms with van der Waals surface area (Å²) in [5.41, 5.74) is 0.704. The molecule has 34 heavy (non-hydrogen) atoms. The lowest BCUT2D eigenvalue weighted by Crippen LogP contribution is -2.51. The van der Waals surface area contributed by atoms with Gasteiger partial charge in [-0.1, -0.05) is 6.07 Å². The van der Waals surface area contributed by atoms with Gasteiger partial charge < -0.3 is 18.9 Å². The highest BCUT2D eigenvalue weighted by Gasteiger charge is 2.34. The fourth-order valence-corrected chi connectivity index (χ4v) is 4.19. The molecule has 4 rings (SSSR count). The molecule has 11 heteroatoms. The third-order valence-electron chi connectivity index (χ3n) is 5.84. The predicted molar refractivity (Wildman–Crippen MR) is 119 cm³/mol. The van der Waals surface area contributed by atoms with Crippen LogP contribution < -0.4 is 15.2 Å². The van der Waals surface area contributed by atoms with Crippen LogP contribution in [0.5, 0.6) is 5.75 Å². The van der Waals surface area contributed by atoms with Gasteiger partial charge in [0.2, 0.25) is 0 Å². The molecule has 0 radical (unpaired) electrons. The van der Waals surface area contributed by atoms with Crippen LogP contribution in [0.15, 0.2) is 41.3 Å². The number of ether oxygens (including phenoxy) is 2. The van der Waals surface area contributed by atoms with Crippen molar-refractivity contribution in [1.82, 2.24) is 14.3 Å². The Morgan fingerprint density at radius 3 is 2.76 bits per heavy atom. The van der Waals surface area contributed by atoms with Crippen LogP contribution >= 0.6 is 0 Å². The van der Waals surface area contributed by atoms with Crippen molar-refractivity contribution in [2.24, 2.45) is 7.05 Å². The van der Waals surface area contributed by atoms with E-state index in [-0.39, 0.29) is 30.5 Å². The molecular formula is C23H24F3N5O3. The molecule has 1 aliphatic rings. The van der Waals surface area contributed by atoms with Crippen molar-refractivity contribution in [3.8, 4) is 11.8 Å². The third kappa shape index (κ3) is 4.72. The standard InChI is InChI=1S/C23H24F3N5O3/c1-3-33-19-7-9-30(14-20(19)34-16-6-4-5-15(11-16)23(24,25)26)17-12-21(32)29(2)18-13-31(10-8-27)28-22(17)18/h4-6,11-13,19-20H,3,7,9-10,14H2,1-2H3/t19-,20-/m1/s1. The molecule has 0 N–H and O–H groups in total. The number of benzene rings is 1. The molecule has 0 spiro atoms. The lowest BCUT2D eigenvalue weighted by Gasteiger charge is -2.39. The minimum Gasteiger partial charge on any atom is -0.486 e. The van der Waals surface area contributed by atoms with Crippen molar-refractivity contribution in [2.45, 2.75) is 38.3 Å². The highest BCUT2D eigenvalue weighted by Crippen LogP contribution is 2.33. The van der Waals surface area contributed by atoms with Gasteiger partial charge in [0.25, 0.3) is 5.56 Å². The number of halogens is 3. The molecule has 8 nitrogen and oxygen atoms in total. The molecular weight excluding hydrogens is 451 g/mol. The van der Waals surface area contributed by atoms with Gasteiger partial charge in [-0.2, -0.15) is 23.5 Å². The number of hydrogen-bond donors (Lipinski definition) is 0. The number of aryl methyl sites for hydroxylation is 1. The highest BCUT2D eigenvalue weighted by atomic mass is 19.4. The van der Waals surface area contributed by atoms with E-state index in [9.17, 15) is 18.0 Å². The van der Waals surface area contributed by atoms with E-state index in [1.165, 1.54) is 27.4 Å². The molecule has 0 saturated carbocycles. The predicted octanol–water partition coefficient (Wildman–Crippen LogP) is 3.34. The molecule has 0 bridgehead atoms. The second-order valence-corrected chi connectivity index (χ2v) is 8.06. The number of nitriles is 1. The van der Waals surface area contributed by atoms with Gasteiger partial charge in [-0.15, -0.1) is 0 Å². The Hall–Kier alpha value is -3.52. The quantitative estimate of drug-likeness (QED) is 0.544. The monoisotopic (exact) mass is 475 g/mol. The number of rotatable bonds is 6. The van der Waals surface area contributed by atoms with Crippen molar-refractivity contribution in [2.75, 3.05) is 24.6 Å². The smallest absolute Gasteiger partial charge is 0.416 e. The number of alkyl halides is 3. The van der Waals surface area contributed by atoms with Gasteiger partial charge in [0.05, 0.1) is 41.7 Å². The van der Waals surface area contributed by atoms with Crippen LogP contribution in [0.3, 0.4) is 0 Å². The summed E-state index contributed by atoms with van der Waals surface area (Å²) in [4.78, 5) is 14.5. The van der Waals surface area contributed by atoms with Crippen LogP contribution in [0.2, 0.25) is 0 Å². The first-order valence-electron chi connectivity index (χ1n) is 10.9. The maximum atomic E-state index is 13.2. The number of nitrogens with zero attached hydrogens (tertiary/aromatic N) is 5. The van der Waals surface area contributed by atoms with Gasteiger partial charge in [0.15, 0.2) is 0 Å². The average molecular weight is 475 g/mol. The second kappa shape index (κ2) is 9.38. The lowest BCUT2D eigenvalue weighted by atomic mass is 10.0. The summed E-state index contributed by atoms with van der Waals surface area (Å²) in [6.45, 7) is 3.15. The van der Waals surface area contributed by atoms with E-state index in [0.29, 0.717) is 36.3 Å². The molecule has 0 aliphatic carbocycles. The van der Waals surface area contributed by atoms with Crippen molar-refractivity contribution in [3.63, 3.8) is 0 Å². The molecule has 1 aliphatic heterocycles. The molecule has 0 amide bonds. The van der Waals surface area contributed by atoms with Crippen LogP contribution in [-0.4, -0.2) is 46.3 Å². The number of anilines is 1. The Morgan fingerprint density at radius 1 is 1.26 bits per heavy atom. The summed E-state index contributed by atoms with van der Waals surface area (Å²) in [6.07, 6.45) is -3.18. The van der Waals surface area contributed by atoms with Crippen molar-refractivity contribution in [1.29, 1.82) is 5.26 Å². The van der Waals surface area contributed by atoms with E-state index >= 15 is 0 Å². The highest BCUT2D eigenvalue weighted by molar-refractivity contribution is 5.88. The van der Waals surface area contributed by atoms with Gasteiger partial charge in [-0.25, -0.2) is 0 Å². The average Bonchev–Trinajstić information content (AvgIpc) is 3.22. The van der Waals surface area contributed by atoms with Gasteiger partial charge in [-0.3, -0.25) is 9.48 Å². The van der Waals surface area contributed by atoms with E-state index in [2.05, 4.69) is 5.10 Å². The van der Waals surface area contributed by atoms with Crippen LogP contribution in [0.1, 0.15) is 18.9 Å². The number of fused-ring (bicyclic) bond motifs is 1. The fourth-order valence-electron chi connectivity index (χ4n) is 4.19. The van der Waals surface area contributed by atoms with Gasteiger partial charge in [0.1, 0.15) is 23.9 Å². The van der Waals surface area contributed by atoms with E-state index < -0.39 is 17.8 Å². The normalized spacial score (nSPS) is 18.8. The Morgan fingerprint density at radius 2 is 2.06 bits per heavy atom. The summed E-state index contributed by atoms with van der Waals surface area (Å²) < 4.78 is 54.2. The number of aromatic nitrogens is 3. The van der Waals surface area contributed by atoms with Crippen LogP contribution in [0.25, 0.3) is 11.0 Å². The van der Waals surface area contributed by atoms with Gasteiger partial charge >= 0.3 is 6.18 Å². The van der Waals surface area contributed by atoms with E-state index in [4.69, 9.17) is 14.7 Å². The zero-order valence-corrected chi connectivity index (χ0v) is 18.7. The van der Waals surface area contributed by atoms with E-state index in [1.54, 1.807) is 13.2 Å². The first-order chi connectivity index (χ1) is 16.2. The van der Waals surface area contributed by atoms with Crippen LogP contribution in [0.4, 0.5) is 18.9 Å². The first-order valence-corrected chi connectivity index (χ1v) is 10.9. The van der Waals surface area contributed by atoms with Crippen molar-refractivity contribution < 1.29 is 22.6 Å². The lowest BCUT2D eigenvalue weighted by molar-refractivity contribution is -0.137. The third-order valence-corrected chi connectivity index (χ3v) is 5.84. The number of piperidine rings is 1. The summed E-state index contributed by atoms with van der Waals surface area (Å²) in [6, 6.07) is 8.27. The Kier molecular flexibility index (Phi) is 6.52. The molecule has 180 valence electrons. The van der Waals surface area contributed by atoms with Gasteiger partial charge in [0, 0.05) is 26.3 Å². The maximum absolute atomic E-state index is 13.2. The minimum absolute atomic E-state index is 0.0377. The molecule has 1 aromatic carbocycles. The summed E-state index contributed by atoms with van der Waals surface area (Å²) >= 11 is 0. The first kappa shape index (κ1) is 23.6. The molecule has 3 aromatic rings. The Balaban J connectivity index is 1.67. The molecule has 3 heterocycles. The summed E-state index contributed by atoms with van der Waals surface area (Å²) in [7, 11) is 1.63. The van der Waals surface area contributed by atoms with Gasteiger partial charge in [-0.05, 0) is 31.5 Å². The maximum Gasteiger partial charge on any atom is 0.416 e. The fraction of sp³-hybridized carbons (Fsp3) is 0.435. The Labute approximate surface area is 193 Å². The van der Waals surface area contributed by atoms with Crippen molar-refractivity contribution >= 4 is 16.7 Å². The topological polar surface area (TPSA) is 85.3 Å². The zero-order valence-electron chi connectivity index (χ0n) is 18.7. The summed E-state index contributed by atoms with van der Waals surface area (Å²) in [5.74, 6) is 0.0961. The molecule has 0 unspecified atom stereocenters. The Bertz CT molecular complexity index is 1280. The largest absolute Gasteiger partial charge is 0.486 e.